The lowest BCUT2D eigenvalue weighted by Gasteiger charge is -2.26. The minimum atomic E-state index is -3.74. The zero-order valence-corrected chi connectivity index (χ0v) is 22.6. The SMILES string of the molecule is COc1ccc(S(=O)(=O)N2CCOCC2)cc1NC(=O)c1cc2c(C)nn(Cc3ccccc3Cl)c2s1. The number of rotatable bonds is 7. The molecule has 0 aliphatic carbocycles. The molecule has 0 spiro atoms. The van der Waals surface area contributed by atoms with E-state index in [9.17, 15) is 13.2 Å². The summed E-state index contributed by atoms with van der Waals surface area (Å²) in [5, 5.41) is 8.97. The van der Waals surface area contributed by atoms with Gasteiger partial charge in [0.05, 0.1) is 48.0 Å². The van der Waals surface area contributed by atoms with Crippen LogP contribution in [-0.2, 0) is 21.3 Å². The number of carbonyl (C=O) groups is 1. The van der Waals surface area contributed by atoms with Crippen LogP contribution in [0.5, 0.6) is 5.75 Å². The van der Waals surface area contributed by atoms with Crippen molar-refractivity contribution < 1.29 is 22.7 Å². The second-order valence-electron chi connectivity index (χ2n) is 8.50. The van der Waals surface area contributed by atoms with E-state index in [-0.39, 0.29) is 29.6 Å². The number of hydrogen-bond acceptors (Lipinski definition) is 7. The van der Waals surface area contributed by atoms with E-state index in [4.69, 9.17) is 21.1 Å². The van der Waals surface area contributed by atoms with Gasteiger partial charge in [0.1, 0.15) is 10.6 Å². The second-order valence-corrected chi connectivity index (χ2v) is 11.9. The average Bonchev–Trinajstić information content (AvgIpc) is 3.47. The molecule has 0 saturated carbocycles. The van der Waals surface area contributed by atoms with Crippen molar-refractivity contribution in [3.05, 3.63) is 69.7 Å². The topological polar surface area (TPSA) is 103 Å². The van der Waals surface area contributed by atoms with E-state index in [1.165, 1.54) is 34.9 Å². The van der Waals surface area contributed by atoms with E-state index in [0.29, 0.717) is 35.4 Å². The zero-order valence-electron chi connectivity index (χ0n) is 20.2. The number of anilines is 1. The van der Waals surface area contributed by atoms with Crippen molar-refractivity contribution >= 4 is 54.8 Å². The maximum Gasteiger partial charge on any atom is 0.265 e. The van der Waals surface area contributed by atoms with Gasteiger partial charge in [-0.05, 0) is 42.8 Å². The molecule has 2 aromatic carbocycles. The number of sulfonamides is 1. The third-order valence-electron chi connectivity index (χ3n) is 6.14. The Morgan fingerprint density at radius 1 is 1.19 bits per heavy atom. The molecule has 1 fully saturated rings. The molecule has 9 nitrogen and oxygen atoms in total. The van der Waals surface area contributed by atoms with Crippen molar-refractivity contribution in [3.63, 3.8) is 0 Å². The number of ether oxygens (including phenoxy) is 2. The Hall–Kier alpha value is -2.96. The number of carbonyl (C=O) groups excluding carboxylic acids is 1. The molecule has 0 atom stereocenters. The van der Waals surface area contributed by atoms with Crippen molar-refractivity contribution in [2.45, 2.75) is 18.4 Å². The van der Waals surface area contributed by atoms with Crippen molar-refractivity contribution in [3.8, 4) is 5.75 Å². The second kappa shape index (κ2) is 10.4. The third kappa shape index (κ3) is 5.10. The molecule has 0 radical (unpaired) electrons. The number of hydrogen-bond donors (Lipinski definition) is 1. The molecule has 0 unspecified atom stereocenters. The highest BCUT2D eigenvalue weighted by Gasteiger charge is 2.27. The Morgan fingerprint density at radius 2 is 1.95 bits per heavy atom. The van der Waals surface area contributed by atoms with Crippen molar-refractivity contribution in [1.29, 1.82) is 0 Å². The summed E-state index contributed by atoms with van der Waals surface area (Å²) in [6.45, 7) is 3.62. The number of amides is 1. The number of fused-ring (bicyclic) bond motifs is 1. The van der Waals surface area contributed by atoms with E-state index < -0.39 is 10.0 Å². The molecule has 0 bridgehead atoms. The van der Waals surface area contributed by atoms with E-state index in [0.717, 1.165) is 21.5 Å². The number of nitrogens with one attached hydrogen (secondary N) is 1. The highest BCUT2D eigenvalue weighted by molar-refractivity contribution is 7.89. The molecular weight excluding hydrogens is 536 g/mol. The lowest BCUT2D eigenvalue weighted by Crippen LogP contribution is -2.40. The van der Waals surface area contributed by atoms with E-state index in [1.807, 2.05) is 35.9 Å². The molecule has 3 heterocycles. The van der Waals surface area contributed by atoms with Gasteiger partial charge >= 0.3 is 0 Å². The molecule has 5 rings (SSSR count). The molecular formula is C25H25ClN4O5S2. The van der Waals surface area contributed by atoms with Gasteiger partial charge in [0.2, 0.25) is 10.0 Å². The van der Waals surface area contributed by atoms with Crippen LogP contribution in [-0.4, -0.2) is 61.8 Å². The van der Waals surface area contributed by atoms with Gasteiger partial charge in [0.25, 0.3) is 5.91 Å². The fraction of sp³-hybridized carbons (Fsp3) is 0.280. The zero-order chi connectivity index (χ0) is 26.2. The number of thiophene rings is 1. The van der Waals surface area contributed by atoms with Crippen LogP contribution in [0.25, 0.3) is 10.2 Å². The Balaban J connectivity index is 1.43. The van der Waals surface area contributed by atoms with Crippen molar-refractivity contribution in [1.82, 2.24) is 14.1 Å². The predicted octanol–water partition coefficient (Wildman–Crippen LogP) is 4.39. The number of nitrogens with zero attached hydrogens (tertiary/aromatic N) is 3. The van der Waals surface area contributed by atoms with Crippen LogP contribution in [0, 0.1) is 6.92 Å². The van der Waals surface area contributed by atoms with Gasteiger partial charge in [-0.25, -0.2) is 8.42 Å². The van der Waals surface area contributed by atoms with Crippen LogP contribution in [0.15, 0.2) is 53.4 Å². The maximum absolute atomic E-state index is 13.3. The van der Waals surface area contributed by atoms with E-state index >= 15 is 0 Å². The fourth-order valence-electron chi connectivity index (χ4n) is 4.18. The lowest BCUT2D eigenvalue weighted by atomic mass is 10.2. The number of methoxy groups -OCH3 is 1. The van der Waals surface area contributed by atoms with Crippen LogP contribution >= 0.6 is 22.9 Å². The standard InChI is InChI=1S/C25H25ClN4O5S2/c1-16-19-14-23(36-25(19)30(28-16)15-17-5-3-4-6-20(17)26)24(31)27-21-13-18(7-8-22(21)34-2)37(32,33)29-9-11-35-12-10-29/h3-8,13-14H,9-12,15H2,1-2H3,(H,27,31). The quantitative estimate of drug-likeness (QED) is 0.360. The van der Waals surface area contributed by atoms with Gasteiger partial charge in [-0.15, -0.1) is 11.3 Å². The van der Waals surface area contributed by atoms with Crippen LogP contribution in [0.3, 0.4) is 0 Å². The van der Waals surface area contributed by atoms with Gasteiger partial charge in [0.15, 0.2) is 0 Å². The monoisotopic (exact) mass is 560 g/mol. The Labute approximate surface area is 223 Å². The molecule has 1 amide bonds. The van der Waals surface area contributed by atoms with Gasteiger partial charge < -0.3 is 14.8 Å². The minimum Gasteiger partial charge on any atom is -0.495 e. The summed E-state index contributed by atoms with van der Waals surface area (Å²) in [5.41, 5.74) is 2.00. The van der Waals surface area contributed by atoms with Crippen LogP contribution in [0.1, 0.15) is 20.9 Å². The first kappa shape index (κ1) is 25.7. The molecule has 1 aliphatic heterocycles. The van der Waals surface area contributed by atoms with Crippen LogP contribution in [0.2, 0.25) is 5.02 Å². The first-order valence-electron chi connectivity index (χ1n) is 11.6. The van der Waals surface area contributed by atoms with Crippen LogP contribution < -0.4 is 10.1 Å². The number of morpholine rings is 1. The highest BCUT2D eigenvalue weighted by Crippen LogP contribution is 2.33. The van der Waals surface area contributed by atoms with Crippen LogP contribution in [0.4, 0.5) is 5.69 Å². The summed E-state index contributed by atoms with van der Waals surface area (Å²) >= 11 is 7.64. The highest BCUT2D eigenvalue weighted by atomic mass is 35.5. The molecule has 1 aliphatic rings. The predicted molar refractivity (Wildman–Crippen MR) is 143 cm³/mol. The molecule has 4 aromatic rings. The smallest absolute Gasteiger partial charge is 0.265 e. The summed E-state index contributed by atoms with van der Waals surface area (Å²) < 4.78 is 40.1. The summed E-state index contributed by atoms with van der Waals surface area (Å²) in [7, 11) is -2.27. The summed E-state index contributed by atoms with van der Waals surface area (Å²) in [6, 6.07) is 13.8. The molecule has 194 valence electrons. The number of halogens is 1. The Bertz CT molecular complexity index is 1580. The van der Waals surface area contributed by atoms with Gasteiger partial charge in [0, 0.05) is 23.5 Å². The number of aryl methyl sites for hydroxylation is 1. The van der Waals surface area contributed by atoms with Crippen molar-refractivity contribution in [2.75, 3.05) is 38.7 Å². The van der Waals surface area contributed by atoms with E-state index in [2.05, 4.69) is 10.4 Å². The first-order valence-corrected chi connectivity index (χ1v) is 14.2. The molecule has 2 aromatic heterocycles. The number of benzene rings is 2. The fourth-order valence-corrected chi connectivity index (χ4v) is 6.87. The van der Waals surface area contributed by atoms with E-state index in [1.54, 1.807) is 12.1 Å². The Kier molecular flexibility index (Phi) is 7.24. The number of aromatic nitrogens is 2. The average molecular weight is 561 g/mol. The van der Waals surface area contributed by atoms with Gasteiger partial charge in [-0.1, -0.05) is 29.8 Å². The Morgan fingerprint density at radius 3 is 2.68 bits per heavy atom. The first-order chi connectivity index (χ1) is 17.8. The molecule has 37 heavy (non-hydrogen) atoms. The summed E-state index contributed by atoms with van der Waals surface area (Å²) in [6.07, 6.45) is 0. The van der Waals surface area contributed by atoms with Gasteiger partial charge in [-0.2, -0.15) is 9.40 Å². The van der Waals surface area contributed by atoms with Gasteiger partial charge in [-0.3, -0.25) is 9.48 Å². The minimum absolute atomic E-state index is 0.0769. The molecule has 1 saturated heterocycles. The third-order valence-corrected chi connectivity index (χ3v) is 9.55. The largest absolute Gasteiger partial charge is 0.495 e. The van der Waals surface area contributed by atoms with Crippen molar-refractivity contribution in [2.24, 2.45) is 0 Å². The molecule has 1 N–H and O–H groups in total. The lowest BCUT2D eigenvalue weighted by molar-refractivity contribution is 0.0730. The maximum atomic E-state index is 13.3. The molecule has 12 heteroatoms. The summed E-state index contributed by atoms with van der Waals surface area (Å²) in [5.74, 6) is -0.0134. The normalized spacial score (nSPS) is 14.7. The summed E-state index contributed by atoms with van der Waals surface area (Å²) in [4.78, 5) is 14.7.